The van der Waals surface area contributed by atoms with Crippen molar-refractivity contribution in [3.63, 3.8) is 0 Å². The molecule has 0 saturated heterocycles. The first-order valence-corrected chi connectivity index (χ1v) is 10.0. The number of thioether (sulfide) groups is 1. The van der Waals surface area contributed by atoms with Gasteiger partial charge < -0.3 is 19.8 Å². The molecule has 0 bridgehead atoms. The Labute approximate surface area is 167 Å². The van der Waals surface area contributed by atoms with Crippen molar-refractivity contribution in [1.29, 1.82) is 0 Å². The first kappa shape index (κ1) is 20.0. The molecule has 0 spiro atoms. The Morgan fingerprint density at radius 1 is 1.29 bits per heavy atom. The average Bonchev–Trinajstić information content (AvgIpc) is 3.20. The van der Waals surface area contributed by atoms with Crippen molar-refractivity contribution < 1.29 is 23.5 Å². The summed E-state index contributed by atoms with van der Waals surface area (Å²) in [5.74, 6) is -0.574. The highest BCUT2D eigenvalue weighted by atomic mass is 32.2. The number of furan rings is 1. The summed E-state index contributed by atoms with van der Waals surface area (Å²) < 4.78 is 10.6. The van der Waals surface area contributed by atoms with Crippen molar-refractivity contribution in [3.8, 4) is 0 Å². The summed E-state index contributed by atoms with van der Waals surface area (Å²) in [7, 11) is 0. The van der Waals surface area contributed by atoms with E-state index < -0.39 is 17.3 Å². The standard InChI is InChI=1S/C20H22N2O5S/c1-2-6-15(19(24)21-12-13-7-5-10-26-13)27-18(23)11-17-20(25)22-14-8-3-4-9-16(14)28-17/h3-5,7-10,15,17H,2,6,11-12H2,1H3,(H,21,24)(H,22,25)/t15-,17+/m0/s1. The molecule has 8 heteroatoms. The number of carbonyl (C=O) groups excluding carboxylic acids is 3. The SMILES string of the molecule is CCC[C@H](OC(=O)C[C@H]1Sc2ccccc2NC1=O)C(=O)NCc1ccco1. The van der Waals surface area contributed by atoms with Gasteiger partial charge in [-0.15, -0.1) is 11.8 Å². The van der Waals surface area contributed by atoms with E-state index in [2.05, 4.69) is 10.6 Å². The van der Waals surface area contributed by atoms with Crippen LogP contribution < -0.4 is 10.6 Å². The normalized spacial score (nSPS) is 16.6. The number of anilines is 1. The molecular weight excluding hydrogens is 380 g/mol. The molecule has 0 unspecified atom stereocenters. The lowest BCUT2D eigenvalue weighted by Gasteiger charge is -2.24. The molecule has 2 N–H and O–H groups in total. The van der Waals surface area contributed by atoms with Crippen LogP contribution in [0.1, 0.15) is 31.9 Å². The molecule has 3 rings (SSSR count). The maximum atomic E-state index is 12.4. The lowest BCUT2D eigenvalue weighted by Crippen LogP contribution is -2.38. The van der Waals surface area contributed by atoms with Gasteiger partial charge in [-0.1, -0.05) is 25.5 Å². The molecule has 2 heterocycles. The lowest BCUT2D eigenvalue weighted by atomic mass is 10.2. The Balaban J connectivity index is 1.55. The van der Waals surface area contributed by atoms with Crippen LogP contribution in [0, 0.1) is 0 Å². The van der Waals surface area contributed by atoms with Crippen molar-refractivity contribution in [2.24, 2.45) is 0 Å². The summed E-state index contributed by atoms with van der Waals surface area (Å²) in [6, 6.07) is 10.9. The molecule has 1 aromatic carbocycles. The third-order valence-corrected chi connectivity index (χ3v) is 5.47. The van der Waals surface area contributed by atoms with Gasteiger partial charge in [0.05, 0.1) is 30.2 Å². The van der Waals surface area contributed by atoms with E-state index in [-0.39, 0.29) is 24.8 Å². The monoisotopic (exact) mass is 402 g/mol. The van der Waals surface area contributed by atoms with E-state index in [9.17, 15) is 14.4 Å². The van der Waals surface area contributed by atoms with E-state index in [1.807, 2.05) is 31.2 Å². The molecule has 0 saturated carbocycles. The van der Waals surface area contributed by atoms with Crippen LogP contribution in [0.3, 0.4) is 0 Å². The molecule has 2 aromatic rings. The van der Waals surface area contributed by atoms with Gasteiger partial charge in [0.15, 0.2) is 6.10 Å². The van der Waals surface area contributed by atoms with Gasteiger partial charge in [-0.05, 0) is 30.7 Å². The molecule has 0 fully saturated rings. The van der Waals surface area contributed by atoms with Crippen LogP contribution in [0.25, 0.3) is 0 Å². The molecule has 148 valence electrons. The van der Waals surface area contributed by atoms with Gasteiger partial charge in [0.2, 0.25) is 5.91 Å². The number of hydrogen-bond acceptors (Lipinski definition) is 6. The predicted octanol–water partition coefficient (Wildman–Crippen LogP) is 3.11. The Morgan fingerprint density at radius 3 is 2.86 bits per heavy atom. The van der Waals surface area contributed by atoms with E-state index in [1.54, 1.807) is 12.1 Å². The second-order valence-corrected chi connectivity index (χ2v) is 7.60. The topological polar surface area (TPSA) is 97.6 Å². The summed E-state index contributed by atoms with van der Waals surface area (Å²) in [5, 5.41) is 4.91. The van der Waals surface area contributed by atoms with Crippen LogP contribution in [0.15, 0.2) is 52.0 Å². The van der Waals surface area contributed by atoms with Crippen molar-refractivity contribution in [3.05, 3.63) is 48.4 Å². The van der Waals surface area contributed by atoms with Crippen LogP contribution in [-0.2, 0) is 25.7 Å². The number of para-hydroxylation sites is 1. The lowest BCUT2D eigenvalue weighted by molar-refractivity contribution is -0.156. The molecular formula is C20H22N2O5S. The molecule has 28 heavy (non-hydrogen) atoms. The van der Waals surface area contributed by atoms with Gasteiger partial charge in [-0.25, -0.2) is 0 Å². The van der Waals surface area contributed by atoms with Gasteiger partial charge >= 0.3 is 5.97 Å². The minimum absolute atomic E-state index is 0.101. The first-order valence-electron chi connectivity index (χ1n) is 9.13. The minimum atomic E-state index is -0.892. The Kier molecular flexibility index (Phi) is 6.76. The van der Waals surface area contributed by atoms with Crippen molar-refractivity contribution in [2.75, 3.05) is 5.32 Å². The largest absolute Gasteiger partial charge is 0.467 e. The molecule has 1 aromatic heterocycles. The number of benzene rings is 1. The summed E-state index contributed by atoms with van der Waals surface area (Å²) in [5.41, 5.74) is 0.739. The quantitative estimate of drug-likeness (QED) is 0.659. The minimum Gasteiger partial charge on any atom is -0.467 e. The van der Waals surface area contributed by atoms with Gasteiger partial charge in [0.1, 0.15) is 5.76 Å². The number of ether oxygens (including phenoxy) is 1. The van der Waals surface area contributed by atoms with Crippen LogP contribution >= 0.6 is 11.8 Å². The van der Waals surface area contributed by atoms with Crippen LogP contribution in [0.2, 0.25) is 0 Å². The predicted molar refractivity (Wildman–Crippen MR) is 105 cm³/mol. The van der Waals surface area contributed by atoms with E-state index in [0.717, 1.165) is 10.6 Å². The molecule has 7 nitrogen and oxygen atoms in total. The van der Waals surface area contributed by atoms with Crippen LogP contribution in [-0.4, -0.2) is 29.1 Å². The van der Waals surface area contributed by atoms with Gasteiger partial charge in [-0.2, -0.15) is 0 Å². The summed E-state index contributed by atoms with van der Waals surface area (Å²) >= 11 is 1.32. The maximum absolute atomic E-state index is 12.4. The van der Waals surface area contributed by atoms with Crippen molar-refractivity contribution in [2.45, 2.75) is 49.0 Å². The van der Waals surface area contributed by atoms with Crippen molar-refractivity contribution >= 4 is 35.2 Å². The zero-order valence-electron chi connectivity index (χ0n) is 15.5. The number of fused-ring (bicyclic) bond motifs is 1. The van der Waals surface area contributed by atoms with Crippen LogP contribution in [0.5, 0.6) is 0 Å². The zero-order chi connectivity index (χ0) is 19.9. The average molecular weight is 402 g/mol. The Bertz CT molecular complexity index is 837. The van der Waals surface area contributed by atoms with E-state index in [0.29, 0.717) is 18.6 Å². The molecule has 0 aliphatic carbocycles. The number of rotatable bonds is 8. The number of amides is 2. The van der Waals surface area contributed by atoms with E-state index in [1.165, 1.54) is 18.0 Å². The van der Waals surface area contributed by atoms with E-state index in [4.69, 9.17) is 9.15 Å². The third-order valence-electron chi connectivity index (χ3n) is 4.19. The fraction of sp³-hybridized carbons (Fsp3) is 0.350. The summed E-state index contributed by atoms with van der Waals surface area (Å²) in [6.07, 6.45) is 1.62. The number of esters is 1. The highest BCUT2D eigenvalue weighted by Gasteiger charge is 2.31. The second-order valence-electron chi connectivity index (χ2n) is 6.36. The van der Waals surface area contributed by atoms with Gasteiger partial charge in [0, 0.05) is 4.90 Å². The number of hydrogen-bond donors (Lipinski definition) is 2. The number of carbonyl (C=O) groups is 3. The van der Waals surface area contributed by atoms with E-state index >= 15 is 0 Å². The molecule has 2 atom stereocenters. The second kappa shape index (κ2) is 9.45. The smallest absolute Gasteiger partial charge is 0.308 e. The highest BCUT2D eigenvalue weighted by molar-refractivity contribution is 8.01. The molecule has 2 amide bonds. The van der Waals surface area contributed by atoms with Crippen molar-refractivity contribution in [1.82, 2.24) is 5.32 Å². The highest BCUT2D eigenvalue weighted by Crippen LogP contribution is 2.36. The third kappa shape index (κ3) is 5.16. The molecule has 1 aliphatic heterocycles. The fourth-order valence-electron chi connectivity index (χ4n) is 2.79. The van der Waals surface area contributed by atoms with Gasteiger partial charge in [-0.3, -0.25) is 14.4 Å². The fourth-order valence-corrected chi connectivity index (χ4v) is 3.89. The number of nitrogens with one attached hydrogen (secondary N) is 2. The summed E-state index contributed by atoms with van der Waals surface area (Å²) in [6.45, 7) is 2.13. The molecule has 0 radical (unpaired) electrons. The summed E-state index contributed by atoms with van der Waals surface area (Å²) in [4.78, 5) is 37.9. The Hall–Kier alpha value is -2.74. The van der Waals surface area contributed by atoms with Gasteiger partial charge in [0.25, 0.3) is 5.91 Å². The Morgan fingerprint density at radius 2 is 2.11 bits per heavy atom. The van der Waals surface area contributed by atoms with Crippen LogP contribution in [0.4, 0.5) is 5.69 Å². The molecule has 1 aliphatic rings. The first-order chi connectivity index (χ1) is 13.6. The maximum Gasteiger partial charge on any atom is 0.308 e. The zero-order valence-corrected chi connectivity index (χ0v) is 16.3.